The molecule has 0 aliphatic rings. The molecule has 0 saturated carbocycles. The minimum absolute atomic E-state index is 0.624. The summed E-state index contributed by atoms with van der Waals surface area (Å²) in [5.74, 6) is 1.89. The minimum Gasteiger partial charge on any atom is -0.246 e. The standard InChI is InChI=1S/C42H26N4/c1-2-9-29(10-3-1)31-16-21-33(22-17-31)40-44-41(46-42(45-40)38-25-20-30-11-4-5-12-35(30)28-38)34-23-18-32(19-24-34)36-13-8-14-37(27-36)39-15-6-7-26-43-39/h1-5,7-14,16-28H. The van der Waals surface area contributed by atoms with Gasteiger partial charge in [0.1, 0.15) is 5.69 Å². The van der Waals surface area contributed by atoms with Crippen LogP contribution < -0.4 is 0 Å². The Morgan fingerprint density at radius 3 is 1.57 bits per heavy atom. The minimum atomic E-state index is 0.624. The highest BCUT2D eigenvalue weighted by Gasteiger charge is 2.14. The molecule has 0 aliphatic carbocycles. The lowest BCUT2D eigenvalue weighted by Crippen LogP contribution is -2.00. The second-order valence-electron chi connectivity index (χ2n) is 11.0. The van der Waals surface area contributed by atoms with E-state index in [9.17, 15) is 0 Å². The number of benzene rings is 6. The fourth-order valence-electron chi connectivity index (χ4n) is 5.63. The summed E-state index contributed by atoms with van der Waals surface area (Å²) in [5.41, 5.74) is 9.07. The van der Waals surface area contributed by atoms with Crippen LogP contribution in [0.5, 0.6) is 0 Å². The molecular formula is C42H26N4. The lowest BCUT2D eigenvalue weighted by molar-refractivity contribution is 1.07. The Morgan fingerprint density at radius 1 is 0.370 bits per heavy atom. The maximum Gasteiger partial charge on any atom is 0.164 e. The van der Waals surface area contributed by atoms with Gasteiger partial charge in [0.25, 0.3) is 0 Å². The van der Waals surface area contributed by atoms with E-state index in [4.69, 9.17) is 15.0 Å². The zero-order valence-corrected chi connectivity index (χ0v) is 24.8. The summed E-state index contributed by atoms with van der Waals surface area (Å²) in [7, 11) is 0. The van der Waals surface area contributed by atoms with E-state index < -0.39 is 0 Å². The molecule has 0 radical (unpaired) electrons. The Bertz CT molecular complexity index is 2280. The molecule has 0 amide bonds. The van der Waals surface area contributed by atoms with Crippen molar-refractivity contribution in [2.75, 3.05) is 0 Å². The lowest BCUT2D eigenvalue weighted by Gasteiger charge is -2.10. The highest BCUT2D eigenvalue weighted by atomic mass is 15.0. The van der Waals surface area contributed by atoms with Gasteiger partial charge in [-0.3, -0.25) is 0 Å². The number of fused-ring (bicyclic) bond motifs is 1. The second-order valence-corrected chi connectivity index (χ2v) is 11.0. The molecule has 214 valence electrons. The monoisotopic (exact) mass is 586 g/mol. The first-order chi connectivity index (χ1) is 22.8. The van der Waals surface area contributed by atoms with Crippen LogP contribution in [0.25, 0.3) is 78.4 Å². The van der Waals surface area contributed by atoms with E-state index in [0.717, 1.165) is 50.0 Å². The Labute approximate surface area is 267 Å². The molecule has 0 saturated heterocycles. The van der Waals surface area contributed by atoms with E-state index >= 15 is 0 Å². The molecule has 0 unspecified atom stereocenters. The summed E-state index contributed by atoms with van der Waals surface area (Å²) in [6, 6.07) is 57.9. The Balaban J connectivity index is 1.19. The summed E-state index contributed by atoms with van der Waals surface area (Å²) in [5, 5.41) is 2.32. The fourth-order valence-corrected chi connectivity index (χ4v) is 5.63. The van der Waals surface area contributed by atoms with Gasteiger partial charge in [-0.25, -0.2) is 19.9 Å². The first-order valence-corrected chi connectivity index (χ1v) is 15.1. The molecule has 6 aromatic carbocycles. The number of hydrogen-bond donors (Lipinski definition) is 0. The molecule has 2 aromatic heterocycles. The molecule has 0 N–H and O–H groups in total. The van der Waals surface area contributed by atoms with Crippen molar-refractivity contribution < 1.29 is 0 Å². The summed E-state index contributed by atoms with van der Waals surface area (Å²) < 4.78 is 0. The topological polar surface area (TPSA) is 51.6 Å². The quantitative estimate of drug-likeness (QED) is 0.195. The van der Waals surface area contributed by atoms with Crippen LogP contribution in [-0.4, -0.2) is 19.9 Å². The van der Waals surface area contributed by atoms with Gasteiger partial charge in [-0.05, 0) is 51.2 Å². The van der Waals surface area contributed by atoms with Crippen LogP contribution >= 0.6 is 0 Å². The molecule has 4 nitrogen and oxygen atoms in total. The SMILES string of the molecule is c1ccnc(-c2cccc(-c3ccc(-c4nc(-c5ccc(-c6ccccc6)cc5)nc(-c5ccc6ccccc6c5)n4)cc3)c2)c#1. The van der Waals surface area contributed by atoms with E-state index in [1.54, 1.807) is 12.3 Å². The maximum absolute atomic E-state index is 4.99. The summed E-state index contributed by atoms with van der Waals surface area (Å²) in [4.78, 5) is 19.4. The van der Waals surface area contributed by atoms with Crippen LogP contribution in [0.15, 0.2) is 158 Å². The predicted octanol–water partition coefficient (Wildman–Crippen LogP) is 10.0. The normalized spacial score (nSPS) is 10.9. The smallest absolute Gasteiger partial charge is 0.164 e. The van der Waals surface area contributed by atoms with Gasteiger partial charge in [-0.15, -0.1) is 0 Å². The lowest BCUT2D eigenvalue weighted by atomic mass is 10.0. The molecule has 0 aliphatic heterocycles. The number of rotatable bonds is 6. The van der Waals surface area contributed by atoms with Crippen LogP contribution in [0.3, 0.4) is 0 Å². The first kappa shape index (κ1) is 27.1. The van der Waals surface area contributed by atoms with Crippen molar-refractivity contribution in [3.63, 3.8) is 0 Å². The van der Waals surface area contributed by atoms with Crippen LogP contribution in [0.2, 0.25) is 0 Å². The molecule has 4 heteroatoms. The van der Waals surface area contributed by atoms with E-state index in [0.29, 0.717) is 17.5 Å². The van der Waals surface area contributed by atoms with Crippen LogP contribution in [-0.2, 0) is 0 Å². The van der Waals surface area contributed by atoms with Crippen molar-refractivity contribution in [1.29, 1.82) is 0 Å². The molecule has 0 atom stereocenters. The molecule has 8 rings (SSSR count). The highest BCUT2D eigenvalue weighted by Crippen LogP contribution is 2.30. The van der Waals surface area contributed by atoms with Crippen molar-refractivity contribution in [3.8, 4) is 67.7 Å². The van der Waals surface area contributed by atoms with Gasteiger partial charge in [-0.1, -0.05) is 140 Å². The summed E-state index contributed by atoms with van der Waals surface area (Å²) in [6.45, 7) is 0. The maximum atomic E-state index is 4.99. The zero-order chi connectivity index (χ0) is 30.7. The third-order valence-electron chi connectivity index (χ3n) is 8.06. The fraction of sp³-hybridized carbons (Fsp3) is 0. The Morgan fingerprint density at radius 2 is 0.891 bits per heavy atom. The van der Waals surface area contributed by atoms with E-state index in [1.165, 1.54) is 10.9 Å². The predicted molar refractivity (Wildman–Crippen MR) is 185 cm³/mol. The highest BCUT2D eigenvalue weighted by molar-refractivity contribution is 5.86. The van der Waals surface area contributed by atoms with Gasteiger partial charge in [0.05, 0.1) is 0 Å². The average Bonchev–Trinajstić information content (AvgIpc) is 3.15. The van der Waals surface area contributed by atoms with Crippen molar-refractivity contribution >= 4 is 10.8 Å². The number of nitrogens with zero attached hydrogens (tertiary/aromatic N) is 4. The molecule has 8 aromatic rings. The van der Waals surface area contributed by atoms with Crippen LogP contribution in [0.4, 0.5) is 0 Å². The van der Waals surface area contributed by atoms with Crippen molar-refractivity contribution in [1.82, 2.24) is 19.9 Å². The molecule has 46 heavy (non-hydrogen) atoms. The zero-order valence-electron chi connectivity index (χ0n) is 24.8. The number of hydrogen-bond acceptors (Lipinski definition) is 4. The Hall–Kier alpha value is -6.44. The van der Waals surface area contributed by atoms with Gasteiger partial charge < -0.3 is 0 Å². The molecule has 2 heterocycles. The van der Waals surface area contributed by atoms with Gasteiger partial charge >= 0.3 is 0 Å². The van der Waals surface area contributed by atoms with Crippen LogP contribution in [0, 0.1) is 12.1 Å². The van der Waals surface area contributed by atoms with E-state index in [-0.39, 0.29) is 0 Å². The van der Waals surface area contributed by atoms with Crippen molar-refractivity contribution in [2.45, 2.75) is 0 Å². The molecular weight excluding hydrogens is 560 g/mol. The molecule has 0 spiro atoms. The third-order valence-corrected chi connectivity index (χ3v) is 8.06. The van der Waals surface area contributed by atoms with Crippen molar-refractivity contribution in [3.05, 3.63) is 170 Å². The van der Waals surface area contributed by atoms with E-state index in [1.807, 2.05) is 18.2 Å². The van der Waals surface area contributed by atoms with Crippen LogP contribution in [0.1, 0.15) is 0 Å². The Kier molecular flexibility index (Phi) is 7.03. The number of aromatic nitrogens is 4. The van der Waals surface area contributed by atoms with Crippen molar-refractivity contribution in [2.24, 2.45) is 0 Å². The second kappa shape index (κ2) is 11.9. The largest absolute Gasteiger partial charge is 0.246 e. The molecule has 0 fully saturated rings. The van der Waals surface area contributed by atoms with Gasteiger partial charge in [0.2, 0.25) is 0 Å². The van der Waals surface area contributed by atoms with Gasteiger partial charge in [0.15, 0.2) is 17.5 Å². The van der Waals surface area contributed by atoms with Gasteiger partial charge in [-0.2, -0.15) is 0 Å². The molecule has 0 bridgehead atoms. The van der Waals surface area contributed by atoms with Gasteiger partial charge in [0, 0.05) is 34.5 Å². The average molecular weight is 587 g/mol. The summed E-state index contributed by atoms with van der Waals surface area (Å²) >= 11 is 0. The van der Waals surface area contributed by atoms with E-state index in [2.05, 4.69) is 145 Å². The third kappa shape index (κ3) is 5.50. The summed E-state index contributed by atoms with van der Waals surface area (Å²) in [6.07, 6.45) is 1.74. The first-order valence-electron chi connectivity index (χ1n) is 15.1.